The molecule has 2 aromatic rings. The normalized spacial score (nSPS) is 10.7. The summed E-state index contributed by atoms with van der Waals surface area (Å²) in [6, 6.07) is 0. The summed E-state index contributed by atoms with van der Waals surface area (Å²) in [6.45, 7) is 2.32. The van der Waals surface area contributed by atoms with Gasteiger partial charge in [-0.15, -0.1) is 0 Å². The molecule has 0 saturated heterocycles. The number of hydrogen-bond acceptors (Lipinski definition) is 4. The summed E-state index contributed by atoms with van der Waals surface area (Å²) in [5, 5.41) is 20.5. The van der Waals surface area contributed by atoms with Crippen molar-refractivity contribution >= 4 is 11.8 Å². The van der Waals surface area contributed by atoms with Crippen molar-refractivity contribution in [2.45, 2.75) is 13.3 Å². The molecule has 19 heavy (non-hydrogen) atoms. The predicted molar refractivity (Wildman–Crippen MR) is 70.3 cm³/mol. The third-order valence-corrected chi connectivity index (χ3v) is 2.90. The Kier molecular flexibility index (Phi) is 3.55. The van der Waals surface area contributed by atoms with Crippen LogP contribution in [0, 0.1) is 6.92 Å². The second-order valence-electron chi connectivity index (χ2n) is 4.44. The highest BCUT2D eigenvalue weighted by molar-refractivity contribution is 5.94. The Hall–Kier alpha value is -2.31. The van der Waals surface area contributed by atoms with Crippen LogP contribution in [0.25, 0.3) is 0 Å². The summed E-state index contributed by atoms with van der Waals surface area (Å²) in [4.78, 5) is 11.2. The van der Waals surface area contributed by atoms with Crippen molar-refractivity contribution in [3.8, 4) is 0 Å². The molecule has 2 aromatic heterocycles. The number of carboxylic acid groups (broad SMARTS) is 1. The Morgan fingerprint density at radius 3 is 2.79 bits per heavy atom. The van der Waals surface area contributed by atoms with Gasteiger partial charge >= 0.3 is 5.97 Å². The molecule has 0 amide bonds. The van der Waals surface area contributed by atoms with Crippen LogP contribution in [0.2, 0.25) is 0 Å². The van der Waals surface area contributed by atoms with Crippen LogP contribution in [0.5, 0.6) is 0 Å². The van der Waals surface area contributed by atoms with E-state index < -0.39 is 5.97 Å². The first-order valence-corrected chi connectivity index (χ1v) is 5.97. The molecule has 0 aliphatic heterocycles. The molecule has 0 aliphatic rings. The van der Waals surface area contributed by atoms with Gasteiger partial charge in [-0.1, -0.05) is 0 Å². The number of aryl methyl sites for hydroxylation is 3. The van der Waals surface area contributed by atoms with Crippen LogP contribution >= 0.6 is 0 Å². The Morgan fingerprint density at radius 1 is 1.47 bits per heavy atom. The van der Waals surface area contributed by atoms with Gasteiger partial charge in [-0.25, -0.2) is 4.79 Å². The molecule has 0 aromatic carbocycles. The third-order valence-electron chi connectivity index (χ3n) is 2.90. The molecule has 2 N–H and O–H groups in total. The van der Waals surface area contributed by atoms with Crippen LogP contribution in [0.3, 0.4) is 0 Å². The van der Waals surface area contributed by atoms with Gasteiger partial charge in [0.05, 0.1) is 11.9 Å². The lowest BCUT2D eigenvalue weighted by Gasteiger charge is -2.07. The van der Waals surface area contributed by atoms with E-state index in [1.165, 1.54) is 0 Å². The SMILES string of the molecule is Cc1nn(C)c(NCCc2cnn(C)c2)c1C(=O)O. The number of anilines is 1. The van der Waals surface area contributed by atoms with E-state index in [1.807, 2.05) is 13.2 Å². The van der Waals surface area contributed by atoms with Crippen LogP contribution in [0.1, 0.15) is 21.6 Å². The summed E-state index contributed by atoms with van der Waals surface area (Å²) in [6.07, 6.45) is 4.51. The molecule has 0 atom stereocenters. The van der Waals surface area contributed by atoms with Gasteiger partial charge in [0.2, 0.25) is 0 Å². The van der Waals surface area contributed by atoms with Crippen molar-refractivity contribution in [1.82, 2.24) is 19.6 Å². The van der Waals surface area contributed by atoms with Crippen LogP contribution in [-0.2, 0) is 20.5 Å². The first-order chi connectivity index (χ1) is 8.99. The Balaban J connectivity index is 2.05. The lowest BCUT2D eigenvalue weighted by molar-refractivity contribution is 0.0697. The minimum atomic E-state index is -0.963. The van der Waals surface area contributed by atoms with E-state index in [0.717, 1.165) is 12.0 Å². The van der Waals surface area contributed by atoms with E-state index >= 15 is 0 Å². The largest absolute Gasteiger partial charge is 0.477 e. The van der Waals surface area contributed by atoms with Crippen LogP contribution < -0.4 is 5.32 Å². The molecular weight excluding hydrogens is 246 g/mol. The molecule has 0 radical (unpaired) electrons. The number of nitrogens with zero attached hydrogens (tertiary/aromatic N) is 4. The zero-order valence-corrected chi connectivity index (χ0v) is 11.2. The molecule has 7 heteroatoms. The topological polar surface area (TPSA) is 85.0 Å². The number of carbonyl (C=O) groups is 1. The molecule has 0 spiro atoms. The summed E-state index contributed by atoms with van der Waals surface area (Å²) in [5.74, 6) is -0.427. The maximum atomic E-state index is 11.2. The van der Waals surface area contributed by atoms with E-state index in [0.29, 0.717) is 18.1 Å². The second-order valence-corrected chi connectivity index (χ2v) is 4.44. The molecule has 0 unspecified atom stereocenters. The molecule has 0 aliphatic carbocycles. The maximum absolute atomic E-state index is 11.2. The summed E-state index contributed by atoms with van der Waals surface area (Å²) >= 11 is 0. The summed E-state index contributed by atoms with van der Waals surface area (Å²) < 4.78 is 3.30. The molecule has 0 bridgehead atoms. The summed E-state index contributed by atoms with van der Waals surface area (Å²) in [7, 11) is 3.59. The van der Waals surface area contributed by atoms with E-state index in [1.54, 1.807) is 29.5 Å². The zero-order valence-electron chi connectivity index (χ0n) is 11.2. The van der Waals surface area contributed by atoms with Crippen molar-refractivity contribution in [2.75, 3.05) is 11.9 Å². The van der Waals surface area contributed by atoms with Gasteiger partial charge in [-0.3, -0.25) is 9.36 Å². The summed E-state index contributed by atoms with van der Waals surface area (Å²) in [5.41, 5.74) is 1.85. The number of aromatic nitrogens is 4. The van der Waals surface area contributed by atoms with Gasteiger partial charge in [-0.2, -0.15) is 10.2 Å². The van der Waals surface area contributed by atoms with Crippen LogP contribution in [0.15, 0.2) is 12.4 Å². The Labute approximate surface area is 110 Å². The lowest BCUT2D eigenvalue weighted by Crippen LogP contribution is -2.11. The van der Waals surface area contributed by atoms with Gasteiger partial charge < -0.3 is 10.4 Å². The molecular formula is C12H17N5O2. The molecule has 102 valence electrons. The molecule has 0 saturated carbocycles. The van der Waals surface area contributed by atoms with Gasteiger partial charge in [0.25, 0.3) is 0 Å². The standard InChI is InChI=1S/C12H17N5O2/c1-8-10(12(18)19)11(17(3)15-8)13-5-4-9-6-14-16(2)7-9/h6-7,13H,4-5H2,1-3H3,(H,18,19). The minimum absolute atomic E-state index is 0.230. The van der Waals surface area contributed by atoms with E-state index in [9.17, 15) is 9.90 Å². The number of carboxylic acids is 1. The number of nitrogens with one attached hydrogen (secondary N) is 1. The second kappa shape index (κ2) is 5.13. The highest BCUT2D eigenvalue weighted by atomic mass is 16.4. The highest BCUT2D eigenvalue weighted by Crippen LogP contribution is 2.18. The molecule has 2 rings (SSSR count). The third kappa shape index (κ3) is 2.75. The first-order valence-electron chi connectivity index (χ1n) is 5.97. The molecule has 2 heterocycles. The Bertz CT molecular complexity index is 599. The van der Waals surface area contributed by atoms with Crippen molar-refractivity contribution in [3.05, 3.63) is 29.2 Å². The predicted octanol–water partition coefficient (Wildman–Crippen LogP) is 0.815. The smallest absolute Gasteiger partial charge is 0.341 e. The minimum Gasteiger partial charge on any atom is -0.477 e. The number of rotatable bonds is 5. The van der Waals surface area contributed by atoms with Crippen molar-refractivity contribution in [3.63, 3.8) is 0 Å². The van der Waals surface area contributed by atoms with Crippen molar-refractivity contribution in [2.24, 2.45) is 14.1 Å². The first kappa shape index (κ1) is 13.1. The van der Waals surface area contributed by atoms with Gasteiger partial charge in [-0.05, 0) is 18.9 Å². The van der Waals surface area contributed by atoms with E-state index in [-0.39, 0.29) is 5.56 Å². The Morgan fingerprint density at radius 2 is 2.21 bits per heavy atom. The average Bonchev–Trinajstić information content (AvgIpc) is 2.84. The fourth-order valence-electron chi connectivity index (χ4n) is 2.04. The number of hydrogen-bond donors (Lipinski definition) is 2. The fraction of sp³-hybridized carbons (Fsp3) is 0.417. The van der Waals surface area contributed by atoms with E-state index in [2.05, 4.69) is 15.5 Å². The van der Waals surface area contributed by atoms with Gasteiger partial charge in [0.15, 0.2) is 0 Å². The highest BCUT2D eigenvalue weighted by Gasteiger charge is 2.18. The van der Waals surface area contributed by atoms with Gasteiger partial charge in [0.1, 0.15) is 11.4 Å². The zero-order chi connectivity index (χ0) is 14.0. The van der Waals surface area contributed by atoms with Crippen molar-refractivity contribution in [1.29, 1.82) is 0 Å². The van der Waals surface area contributed by atoms with Crippen molar-refractivity contribution < 1.29 is 9.90 Å². The lowest BCUT2D eigenvalue weighted by atomic mass is 10.2. The van der Waals surface area contributed by atoms with Crippen LogP contribution in [-0.4, -0.2) is 37.2 Å². The maximum Gasteiger partial charge on any atom is 0.341 e. The fourth-order valence-corrected chi connectivity index (χ4v) is 2.04. The van der Waals surface area contributed by atoms with E-state index in [4.69, 9.17) is 0 Å². The average molecular weight is 263 g/mol. The molecule has 7 nitrogen and oxygen atoms in total. The van der Waals surface area contributed by atoms with Gasteiger partial charge in [0, 0.05) is 26.8 Å². The van der Waals surface area contributed by atoms with Crippen LogP contribution in [0.4, 0.5) is 5.82 Å². The quantitative estimate of drug-likeness (QED) is 0.834. The monoisotopic (exact) mass is 263 g/mol. The number of aromatic carboxylic acids is 1. The molecule has 0 fully saturated rings.